The molecule has 0 atom stereocenters. The lowest BCUT2D eigenvalue weighted by molar-refractivity contribution is -0.137. The highest BCUT2D eigenvalue weighted by molar-refractivity contribution is 6.33. The van der Waals surface area contributed by atoms with Crippen LogP contribution < -0.4 is 5.56 Å². The second-order valence-corrected chi connectivity index (χ2v) is 6.36. The second-order valence-electron chi connectivity index (χ2n) is 5.96. The fourth-order valence-corrected chi connectivity index (χ4v) is 3.15. The van der Waals surface area contributed by atoms with Crippen molar-refractivity contribution in [1.82, 2.24) is 14.8 Å². The van der Waals surface area contributed by atoms with Crippen molar-refractivity contribution in [2.24, 2.45) is 0 Å². The van der Waals surface area contributed by atoms with Gasteiger partial charge in [0.15, 0.2) is 0 Å². The zero-order chi connectivity index (χ0) is 19.2. The van der Waals surface area contributed by atoms with Crippen LogP contribution in [0.15, 0.2) is 65.7 Å². The first-order valence-corrected chi connectivity index (χ1v) is 8.24. The quantitative estimate of drug-likeness (QED) is 0.521. The fourth-order valence-electron chi connectivity index (χ4n) is 2.87. The Balaban J connectivity index is 1.74. The SMILES string of the molecule is O=c1cc(-c2ccc(C(F)(F)F)cc2Cl)ccn1-c1ccc2[nH]ncc2c1. The van der Waals surface area contributed by atoms with Gasteiger partial charge in [0, 0.05) is 33.9 Å². The molecule has 0 unspecified atom stereocenters. The van der Waals surface area contributed by atoms with Gasteiger partial charge in [0.05, 0.1) is 17.3 Å². The van der Waals surface area contributed by atoms with E-state index in [1.807, 2.05) is 12.1 Å². The number of hydrogen-bond acceptors (Lipinski definition) is 2. The van der Waals surface area contributed by atoms with Crippen LogP contribution in [0.5, 0.6) is 0 Å². The van der Waals surface area contributed by atoms with Crippen molar-refractivity contribution in [3.63, 3.8) is 0 Å². The molecule has 0 aliphatic rings. The zero-order valence-electron chi connectivity index (χ0n) is 13.6. The molecule has 0 bridgehead atoms. The molecule has 0 fully saturated rings. The van der Waals surface area contributed by atoms with Crippen molar-refractivity contribution < 1.29 is 13.2 Å². The highest BCUT2D eigenvalue weighted by atomic mass is 35.5. The van der Waals surface area contributed by atoms with E-state index < -0.39 is 11.7 Å². The van der Waals surface area contributed by atoms with Gasteiger partial charge in [-0.05, 0) is 42.0 Å². The fraction of sp³-hybridized carbons (Fsp3) is 0.0526. The van der Waals surface area contributed by atoms with Crippen LogP contribution in [0.1, 0.15) is 5.56 Å². The maximum absolute atomic E-state index is 12.8. The molecule has 0 amide bonds. The summed E-state index contributed by atoms with van der Waals surface area (Å²) in [7, 11) is 0. The number of aromatic nitrogens is 3. The van der Waals surface area contributed by atoms with Crippen LogP contribution in [0.2, 0.25) is 5.02 Å². The van der Waals surface area contributed by atoms with E-state index in [1.54, 1.807) is 24.5 Å². The lowest BCUT2D eigenvalue weighted by Crippen LogP contribution is -2.16. The molecule has 8 heteroatoms. The number of rotatable bonds is 2. The van der Waals surface area contributed by atoms with Crippen LogP contribution in [-0.4, -0.2) is 14.8 Å². The Morgan fingerprint density at radius 1 is 1.04 bits per heavy atom. The molecule has 0 aliphatic carbocycles. The highest BCUT2D eigenvalue weighted by Crippen LogP contribution is 2.35. The largest absolute Gasteiger partial charge is 0.416 e. The van der Waals surface area contributed by atoms with Crippen molar-refractivity contribution in [1.29, 1.82) is 0 Å². The maximum atomic E-state index is 12.8. The van der Waals surface area contributed by atoms with E-state index in [0.29, 0.717) is 16.8 Å². The summed E-state index contributed by atoms with van der Waals surface area (Å²) in [6.45, 7) is 0. The van der Waals surface area contributed by atoms with Crippen molar-refractivity contribution in [3.05, 3.63) is 81.9 Å². The predicted octanol–water partition coefficient (Wildman–Crippen LogP) is 5.05. The Labute approximate surface area is 155 Å². The summed E-state index contributed by atoms with van der Waals surface area (Å²) in [5, 5.41) is 7.56. The predicted molar refractivity (Wildman–Crippen MR) is 97.1 cm³/mol. The van der Waals surface area contributed by atoms with Crippen LogP contribution in [0, 0.1) is 0 Å². The van der Waals surface area contributed by atoms with Gasteiger partial charge in [-0.15, -0.1) is 0 Å². The molecule has 0 radical (unpaired) electrons. The van der Waals surface area contributed by atoms with Gasteiger partial charge in [-0.2, -0.15) is 18.3 Å². The first-order valence-electron chi connectivity index (χ1n) is 7.86. The minimum Gasteiger partial charge on any atom is -0.284 e. The summed E-state index contributed by atoms with van der Waals surface area (Å²) >= 11 is 6.01. The van der Waals surface area contributed by atoms with E-state index in [9.17, 15) is 18.0 Å². The summed E-state index contributed by atoms with van der Waals surface area (Å²) in [5.41, 5.74) is 1.14. The average molecular weight is 390 g/mol. The Bertz CT molecular complexity index is 1210. The third kappa shape index (κ3) is 3.21. The van der Waals surface area contributed by atoms with Gasteiger partial charge in [0.1, 0.15) is 0 Å². The third-order valence-corrected chi connectivity index (χ3v) is 4.54. The van der Waals surface area contributed by atoms with Crippen LogP contribution in [0.3, 0.4) is 0 Å². The Hall–Kier alpha value is -3.06. The van der Waals surface area contributed by atoms with E-state index in [-0.39, 0.29) is 10.6 Å². The molecule has 2 aromatic heterocycles. The molecule has 136 valence electrons. The summed E-state index contributed by atoms with van der Waals surface area (Å²) < 4.78 is 39.8. The Morgan fingerprint density at radius 3 is 2.56 bits per heavy atom. The normalized spacial score (nSPS) is 11.9. The molecule has 2 heterocycles. The van der Waals surface area contributed by atoms with E-state index in [4.69, 9.17) is 11.6 Å². The molecular formula is C19H11ClF3N3O. The van der Waals surface area contributed by atoms with Crippen LogP contribution in [-0.2, 0) is 6.18 Å². The topological polar surface area (TPSA) is 50.7 Å². The third-order valence-electron chi connectivity index (χ3n) is 4.23. The molecule has 4 nitrogen and oxygen atoms in total. The van der Waals surface area contributed by atoms with E-state index >= 15 is 0 Å². The maximum Gasteiger partial charge on any atom is 0.416 e. The lowest BCUT2D eigenvalue weighted by Gasteiger charge is -2.11. The number of nitrogens with one attached hydrogen (secondary N) is 1. The number of halogens is 4. The number of hydrogen-bond donors (Lipinski definition) is 1. The van der Waals surface area contributed by atoms with Gasteiger partial charge in [0.2, 0.25) is 0 Å². The summed E-state index contributed by atoms with van der Waals surface area (Å²) in [4.78, 5) is 12.5. The highest BCUT2D eigenvalue weighted by Gasteiger charge is 2.31. The molecule has 0 aliphatic heterocycles. The number of benzene rings is 2. The first kappa shape index (κ1) is 17.4. The van der Waals surface area contributed by atoms with E-state index in [0.717, 1.165) is 23.0 Å². The van der Waals surface area contributed by atoms with E-state index in [1.165, 1.54) is 16.7 Å². The first-order chi connectivity index (χ1) is 12.8. The van der Waals surface area contributed by atoms with Gasteiger partial charge in [-0.25, -0.2) is 0 Å². The summed E-state index contributed by atoms with van der Waals surface area (Å²) in [6, 6.07) is 11.4. The van der Waals surface area contributed by atoms with Crippen molar-refractivity contribution in [3.8, 4) is 16.8 Å². The van der Waals surface area contributed by atoms with Crippen molar-refractivity contribution >= 4 is 22.5 Å². The monoisotopic (exact) mass is 389 g/mol. The number of nitrogens with zero attached hydrogens (tertiary/aromatic N) is 2. The molecule has 1 N–H and O–H groups in total. The standard InChI is InChI=1S/C19H11ClF3N3O/c20-16-9-13(19(21,22)23)1-3-15(16)11-5-6-26(18(27)8-11)14-2-4-17-12(7-14)10-24-25-17/h1-10H,(H,24,25). The smallest absolute Gasteiger partial charge is 0.284 e. The summed E-state index contributed by atoms with van der Waals surface area (Å²) in [6.07, 6.45) is -1.26. The second kappa shape index (κ2) is 6.28. The Kier molecular flexibility index (Phi) is 4.04. The van der Waals surface area contributed by atoms with Gasteiger partial charge in [-0.1, -0.05) is 17.7 Å². The number of pyridine rings is 1. The van der Waals surface area contributed by atoms with Gasteiger partial charge < -0.3 is 0 Å². The van der Waals surface area contributed by atoms with Gasteiger partial charge in [-0.3, -0.25) is 14.5 Å². The van der Waals surface area contributed by atoms with Crippen molar-refractivity contribution in [2.45, 2.75) is 6.18 Å². The minimum absolute atomic E-state index is 0.0678. The van der Waals surface area contributed by atoms with Crippen LogP contribution >= 0.6 is 11.6 Å². The Morgan fingerprint density at radius 2 is 1.85 bits per heavy atom. The molecular weight excluding hydrogens is 379 g/mol. The molecule has 2 aromatic carbocycles. The van der Waals surface area contributed by atoms with Crippen LogP contribution in [0.4, 0.5) is 13.2 Å². The van der Waals surface area contributed by atoms with Gasteiger partial charge >= 0.3 is 6.18 Å². The lowest BCUT2D eigenvalue weighted by atomic mass is 10.0. The summed E-state index contributed by atoms with van der Waals surface area (Å²) in [5.74, 6) is 0. The minimum atomic E-state index is -4.47. The molecule has 0 saturated heterocycles. The molecule has 27 heavy (non-hydrogen) atoms. The van der Waals surface area contributed by atoms with Crippen molar-refractivity contribution in [2.75, 3.05) is 0 Å². The molecule has 0 saturated carbocycles. The zero-order valence-corrected chi connectivity index (χ0v) is 14.3. The molecule has 0 spiro atoms. The average Bonchev–Trinajstić information content (AvgIpc) is 3.08. The number of fused-ring (bicyclic) bond motifs is 1. The number of aromatic amines is 1. The van der Waals surface area contributed by atoms with Crippen LogP contribution in [0.25, 0.3) is 27.7 Å². The number of H-pyrrole nitrogens is 1. The van der Waals surface area contributed by atoms with E-state index in [2.05, 4.69) is 10.2 Å². The number of alkyl halides is 3. The van der Waals surface area contributed by atoms with Gasteiger partial charge in [0.25, 0.3) is 5.56 Å². The molecule has 4 aromatic rings. The molecule has 4 rings (SSSR count).